The molecule has 2 aromatic rings. The lowest BCUT2D eigenvalue weighted by molar-refractivity contribution is 0.602. The van der Waals surface area contributed by atoms with Gasteiger partial charge in [0, 0.05) is 5.56 Å². The van der Waals surface area contributed by atoms with Crippen LogP contribution in [0.15, 0.2) is 24.4 Å². The molecule has 1 fully saturated rings. The maximum atomic E-state index is 13.6. The Morgan fingerprint density at radius 1 is 1.33 bits per heavy atom. The number of nitriles is 1. The van der Waals surface area contributed by atoms with Crippen LogP contribution in [0.1, 0.15) is 18.7 Å². The minimum Gasteiger partial charge on any atom is -0.341 e. The zero-order valence-corrected chi connectivity index (χ0v) is 9.37. The Morgan fingerprint density at radius 3 is 2.78 bits per heavy atom. The lowest BCUT2D eigenvalue weighted by Crippen LogP contribution is -2.04. The molecule has 0 aliphatic heterocycles. The predicted octanol–water partition coefficient (Wildman–Crippen LogP) is 2.91. The van der Waals surface area contributed by atoms with Crippen LogP contribution in [0.5, 0.6) is 0 Å². The van der Waals surface area contributed by atoms with Crippen molar-refractivity contribution in [2.24, 2.45) is 0 Å². The Bertz CT molecular complexity index is 650. The number of aromatic amines is 1. The molecule has 1 aromatic carbocycles. The van der Waals surface area contributed by atoms with Gasteiger partial charge in [-0.25, -0.2) is 13.8 Å². The van der Waals surface area contributed by atoms with Gasteiger partial charge in [0.2, 0.25) is 0 Å². The summed E-state index contributed by atoms with van der Waals surface area (Å²) in [7, 11) is 0. The molecule has 1 aromatic heterocycles. The maximum Gasteiger partial charge on any atom is 0.132 e. The van der Waals surface area contributed by atoms with Gasteiger partial charge in [0.25, 0.3) is 0 Å². The second-order valence-electron chi connectivity index (χ2n) is 4.46. The topological polar surface area (TPSA) is 52.5 Å². The number of nitrogens with zero attached hydrogens (tertiary/aromatic N) is 2. The Labute approximate surface area is 102 Å². The number of imidazole rings is 1. The van der Waals surface area contributed by atoms with E-state index in [9.17, 15) is 8.78 Å². The molecule has 18 heavy (non-hydrogen) atoms. The molecular formula is C13H9F2N3. The van der Waals surface area contributed by atoms with E-state index in [1.54, 1.807) is 0 Å². The molecule has 0 atom stereocenters. The summed E-state index contributed by atoms with van der Waals surface area (Å²) in [5.74, 6) is -0.499. The highest BCUT2D eigenvalue weighted by atomic mass is 19.1. The number of halogens is 2. The minimum absolute atomic E-state index is 0.127. The van der Waals surface area contributed by atoms with Crippen LogP contribution in [0.2, 0.25) is 0 Å². The fourth-order valence-electron chi connectivity index (χ4n) is 1.93. The first-order valence-electron chi connectivity index (χ1n) is 5.57. The largest absolute Gasteiger partial charge is 0.341 e. The first-order chi connectivity index (χ1) is 8.64. The van der Waals surface area contributed by atoms with Gasteiger partial charge >= 0.3 is 0 Å². The van der Waals surface area contributed by atoms with E-state index in [1.807, 2.05) is 0 Å². The van der Waals surface area contributed by atoms with E-state index in [2.05, 4.69) is 16.0 Å². The normalized spacial score (nSPS) is 16.3. The van der Waals surface area contributed by atoms with Crippen molar-refractivity contribution in [3.63, 3.8) is 0 Å². The van der Waals surface area contributed by atoms with Gasteiger partial charge in [-0.15, -0.1) is 0 Å². The molecule has 90 valence electrons. The van der Waals surface area contributed by atoms with Gasteiger partial charge in [-0.3, -0.25) is 0 Å². The van der Waals surface area contributed by atoms with Crippen molar-refractivity contribution in [1.82, 2.24) is 9.97 Å². The third-order valence-corrected chi connectivity index (χ3v) is 3.21. The molecule has 1 aliphatic carbocycles. The molecule has 1 aliphatic rings. The van der Waals surface area contributed by atoms with Crippen molar-refractivity contribution < 1.29 is 8.78 Å². The summed E-state index contributed by atoms with van der Waals surface area (Å²) in [6.07, 6.45) is 2.94. The van der Waals surface area contributed by atoms with Gasteiger partial charge in [-0.1, -0.05) is 0 Å². The fraction of sp³-hybridized carbons (Fsp3) is 0.231. The van der Waals surface area contributed by atoms with E-state index in [1.165, 1.54) is 6.20 Å². The van der Waals surface area contributed by atoms with Gasteiger partial charge < -0.3 is 4.98 Å². The predicted molar refractivity (Wildman–Crippen MR) is 60.5 cm³/mol. The number of H-pyrrole nitrogens is 1. The van der Waals surface area contributed by atoms with Crippen LogP contribution in [-0.2, 0) is 5.41 Å². The Hall–Kier alpha value is -2.22. The van der Waals surface area contributed by atoms with E-state index in [4.69, 9.17) is 5.26 Å². The zero-order valence-electron chi connectivity index (χ0n) is 9.37. The molecule has 1 heterocycles. The van der Waals surface area contributed by atoms with Crippen molar-refractivity contribution >= 4 is 0 Å². The van der Waals surface area contributed by atoms with Crippen LogP contribution in [0.4, 0.5) is 8.78 Å². The smallest absolute Gasteiger partial charge is 0.132 e. The summed E-state index contributed by atoms with van der Waals surface area (Å²) in [6, 6.07) is 5.44. The first kappa shape index (κ1) is 10.9. The highest BCUT2D eigenvalue weighted by molar-refractivity contribution is 5.60. The van der Waals surface area contributed by atoms with Crippen LogP contribution in [0.25, 0.3) is 11.3 Å². The van der Waals surface area contributed by atoms with Gasteiger partial charge in [-0.2, -0.15) is 5.26 Å². The van der Waals surface area contributed by atoms with Gasteiger partial charge in [0.05, 0.1) is 18.0 Å². The highest BCUT2D eigenvalue weighted by Crippen LogP contribution is 2.46. The van der Waals surface area contributed by atoms with Crippen molar-refractivity contribution in [3.8, 4) is 17.3 Å². The van der Waals surface area contributed by atoms with Crippen molar-refractivity contribution in [2.45, 2.75) is 18.3 Å². The van der Waals surface area contributed by atoms with E-state index < -0.39 is 17.0 Å². The fourth-order valence-corrected chi connectivity index (χ4v) is 1.93. The molecular weight excluding hydrogens is 236 g/mol. The van der Waals surface area contributed by atoms with Crippen LogP contribution in [-0.4, -0.2) is 9.97 Å². The molecule has 1 N–H and O–H groups in total. The Morgan fingerprint density at radius 2 is 2.11 bits per heavy atom. The number of aromatic nitrogens is 2. The molecule has 0 unspecified atom stereocenters. The van der Waals surface area contributed by atoms with Crippen molar-refractivity contribution in [2.75, 3.05) is 0 Å². The molecule has 3 nitrogen and oxygen atoms in total. The van der Waals surface area contributed by atoms with Gasteiger partial charge in [-0.05, 0) is 31.0 Å². The van der Waals surface area contributed by atoms with Gasteiger partial charge in [0.15, 0.2) is 0 Å². The first-order valence-corrected chi connectivity index (χ1v) is 5.57. The van der Waals surface area contributed by atoms with Crippen LogP contribution in [0.3, 0.4) is 0 Å². The van der Waals surface area contributed by atoms with Crippen LogP contribution < -0.4 is 0 Å². The molecule has 5 heteroatoms. The van der Waals surface area contributed by atoms with E-state index >= 15 is 0 Å². The molecule has 0 spiro atoms. The number of hydrogen-bond acceptors (Lipinski definition) is 2. The summed E-state index contributed by atoms with van der Waals surface area (Å²) in [5, 5.41) is 9.04. The average Bonchev–Trinajstić information content (AvgIpc) is 3.02. The number of hydrogen-bond donors (Lipinski definition) is 1. The molecule has 3 rings (SSSR count). The van der Waals surface area contributed by atoms with Gasteiger partial charge in [0.1, 0.15) is 22.9 Å². The SMILES string of the molecule is N#CC1(c2ncc(-c3cc(F)ccc3F)[nH]2)CC1. The second-order valence-corrected chi connectivity index (χ2v) is 4.46. The summed E-state index contributed by atoms with van der Waals surface area (Å²) < 4.78 is 26.7. The molecule has 0 amide bonds. The number of nitrogens with one attached hydrogen (secondary N) is 1. The number of rotatable bonds is 2. The molecule has 0 saturated heterocycles. The highest BCUT2D eigenvalue weighted by Gasteiger charge is 2.47. The molecule has 1 saturated carbocycles. The number of benzene rings is 1. The van der Waals surface area contributed by atoms with E-state index in [-0.39, 0.29) is 5.56 Å². The molecule has 0 radical (unpaired) electrons. The summed E-state index contributed by atoms with van der Waals surface area (Å²) >= 11 is 0. The monoisotopic (exact) mass is 245 g/mol. The summed E-state index contributed by atoms with van der Waals surface area (Å²) in [5.41, 5.74) is -0.0341. The van der Waals surface area contributed by atoms with Crippen LogP contribution >= 0.6 is 0 Å². The Balaban J connectivity index is 2.04. The van der Waals surface area contributed by atoms with E-state index in [0.29, 0.717) is 11.5 Å². The lowest BCUT2D eigenvalue weighted by Gasteiger charge is -2.02. The third kappa shape index (κ3) is 1.58. The van der Waals surface area contributed by atoms with Crippen LogP contribution in [0, 0.1) is 23.0 Å². The zero-order chi connectivity index (χ0) is 12.8. The summed E-state index contributed by atoms with van der Waals surface area (Å²) in [6.45, 7) is 0. The van der Waals surface area contributed by atoms with E-state index in [0.717, 1.165) is 31.0 Å². The van der Waals surface area contributed by atoms with Crippen molar-refractivity contribution in [1.29, 1.82) is 5.26 Å². The Kier molecular flexibility index (Phi) is 2.20. The second kappa shape index (κ2) is 3.64. The average molecular weight is 245 g/mol. The summed E-state index contributed by atoms with van der Waals surface area (Å²) in [4.78, 5) is 7.01. The minimum atomic E-state index is -0.554. The van der Waals surface area contributed by atoms with Crippen molar-refractivity contribution in [3.05, 3.63) is 41.9 Å². The lowest BCUT2D eigenvalue weighted by atomic mass is 10.1. The third-order valence-electron chi connectivity index (χ3n) is 3.21. The molecule has 0 bridgehead atoms. The standard InChI is InChI=1S/C13H9F2N3/c14-8-1-2-10(15)9(5-8)11-6-17-12(18-11)13(7-16)3-4-13/h1-2,5-6H,3-4H2,(H,17,18). The maximum absolute atomic E-state index is 13.6. The quantitative estimate of drug-likeness (QED) is 0.884.